The number of nitrogens with zero attached hydrogens (tertiary/aromatic N) is 2. The highest BCUT2D eigenvalue weighted by Crippen LogP contribution is 2.25. The van der Waals surface area contributed by atoms with Crippen LogP contribution in [0, 0.1) is 19.7 Å². The second kappa shape index (κ2) is 6.63. The van der Waals surface area contributed by atoms with Crippen molar-refractivity contribution in [2.75, 3.05) is 7.05 Å². The first kappa shape index (κ1) is 17.1. The number of pyridine rings is 1. The molecule has 0 saturated heterocycles. The molecule has 0 fully saturated rings. The van der Waals surface area contributed by atoms with Gasteiger partial charge in [0, 0.05) is 18.1 Å². The summed E-state index contributed by atoms with van der Waals surface area (Å²) in [4.78, 5) is 19.3. The van der Waals surface area contributed by atoms with Crippen LogP contribution >= 0.6 is 0 Å². The van der Waals surface area contributed by atoms with Crippen molar-refractivity contribution < 1.29 is 9.18 Å². The Labute approximate surface area is 147 Å². The van der Waals surface area contributed by atoms with Crippen molar-refractivity contribution in [2.45, 2.75) is 26.8 Å². The molecule has 1 amide bonds. The predicted molar refractivity (Wildman–Crippen MR) is 98.1 cm³/mol. The molecule has 3 rings (SSSR count). The number of benzene rings is 2. The molecule has 0 bridgehead atoms. The molecule has 3 nitrogen and oxygen atoms in total. The van der Waals surface area contributed by atoms with Gasteiger partial charge in [0.2, 0.25) is 0 Å². The summed E-state index contributed by atoms with van der Waals surface area (Å²) in [5.41, 5.74) is 4.24. The number of aryl methyl sites for hydroxylation is 2. The third-order valence-electron chi connectivity index (χ3n) is 4.58. The van der Waals surface area contributed by atoms with Crippen molar-refractivity contribution in [3.63, 3.8) is 0 Å². The van der Waals surface area contributed by atoms with Crippen molar-refractivity contribution in [3.8, 4) is 0 Å². The van der Waals surface area contributed by atoms with Gasteiger partial charge in [0.25, 0.3) is 5.91 Å². The first-order valence-corrected chi connectivity index (χ1v) is 8.27. The van der Waals surface area contributed by atoms with Crippen molar-refractivity contribution in [2.24, 2.45) is 0 Å². The molecule has 0 saturated carbocycles. The Hall–Kier alpha value is -2.75. The van der Waals surface area contributed by atoms with Crippen molar-refractivity contribution >= 4 is 16.8 Å². The summed E-state index contributed by atoms with van der Waals surface area (Å²) in [5.74, 6) is -0.353. The van der Waals surface area contributed by atoms with Crippen LogP contribution in [0.1, 0.15) is 40.1 Å². The molecular weight excluding hydrogens is 315 g/mol. The normalized spacial score (nSPS) is 12.2. The van der Waals surface area contributed by atoms with Crippen molar-refractivity contribution in [3.05, 3.63) is 76.7 Å². The molecule has 3 aromatic rings. The van der Waals surface area contributed by atoms with Gasteiger partial charge in [0.05, 0.1) is 17.1 Å². The lowest BCUT2D eigenvalue weighted by Gasteiger charge is -2.26. The average Bonchev–Trinajstić information content (AvgIpc) is 2.60. The maximum absolute atomic E-state index is 13.1. The summed E-state index contributed by atoms with van der Waals surface area (Å²) in [6.07, 6.45) is 0. The Morgan fingerprint density at radius 1 is 1.08 bits per heavy atom. The number of carbonyl (C=O) groups excluding carboxylic acids is 1. The third-order valence-corrected chi connectivity index (χ3v) is 4.58. The molecule has 1 unspecified atom stereocenters. The van der Waals surface area contributed by atoms with Gasteiger partial charge in [-0.2, -0.15) is 0 Å². The lowest BCUT2D eigenvalue weighted by atomic mass is 10.0. The molecule has 4 heteroatoms. The molecule has 1 atom stereocenters. The molecule has 25 heavy (non-hydrogen) atoms. The summed E-state index contributed by atoms with van der Waals surface area (Å²) < 4.78 is 13.1. The lowest BCUT2D eigenvalue weighted by Crippen LogP contribution is -2.30. The van der Waals surface area contributed by atoms with Crippen molar-refractivity contribution in [1.29, 1.82) is 0 Å². The van der Waals surface area contributed by atoms with Gasteiger partial charge in [0.1, 0.15) is 5.82 Å². The summed E-state index contributed by atoms with van der Waals surface area (Å²) >= 11 is 0. The highest BCUT2D eigenvalue weighted by atomic mass is 19.1. The Bertz CT molecular complexity index is 935. The number of rotatable bonds is 3. The summed E-state index contributed by atoms with van der Waals surface area (Å²) in [5, 5.41) is 0.855. The van der Waals surface area contributed by atoms with E-state index < -0.39 is 0 Å². The zero-order valence-electron chi connectivity index (χ0n) is 14.9. The number of hydrogen-bond donors (Lipinski definition) is 0. The van der Waals surface area contributed by atoms with Crippen LogP contribution in [0.5, 0.6) is 0 Å². The zero-order valence-corrected chi connectivity index (χ0v) is 14.9. The van der Waals surface area contributed by atoms with E-state index in [1.165, 1.54) is 12.1 Å². The quantitative estimate of drug-likeness (QED) is 0.687. The minimum Gasteiger partial charge on any atom is -0.335 e. The monoisotopic (exact) mass is 336 g/mol. The number of hydrogen-bond acceptors (Lipinski definition) is 2. The van der Waals surface area contributed by atoms with Gasteiger partial charge in [-0.3, -0.25) is 9.78 Å². The van der Waals surface area contributed by atoms with Crippen LogP contribution in [0.15, 0.2) is 48.5 Å². The molecule has 0 spiro atoms. The predicted octanol–water partition coefficient (Wildman–Crippen LogP) is 4.82. The van der Waals surface area contributed by atoms with Crippen LogP contribution in [-0.2, 0) is 0 Å². The molecule has 1 heterocycles. The van der Waals surface area contributed by atoms with Gasteiger partial charge in [-0.05, 0) is 56.7 Å². The number of fused-ring (bicyclic) bond motifs is 1. The van der Waals surface area contributed by atoms with Gasteiger partial charge < -0.3 is 4.90 Å². The molecule has 0 N–H and O–H groups in total. The number of halogens is 1. The third kappa shape index (κ3) is 3.38. The zero-order chi connectivity index (χ0) is 18.1. The summed E-state index contributed by atoms with van der Waals surface area (Å²) in [6.45, 7) is 5.82. The van der Waals surface area contributed by atoms with Crippen molar-refractivity contribution in [1.82, 2.24) is 9.88 Å². The highest BCUT2D eigenvalue weighted by Gasteiger charge is 2.21. The molecule has 1 aromatic heterocycles. The van der Waals surface area contributed by atoms with Gasteiger partial charge in [-0.25, -0.2) is 4.39 Å². The maximum atomic E-state index is 13.1. The second-order valence-corrected chi connectivity index (χ2v) is 6.48. The van der Waals surface area contributed by atoms with Crippen LogP contribution < -0.4 is 0 Å². The SMILES string of the molecule is Cc1ccc2nc(C)cc(C(=O)N(C)C(C)c3ccc(F)cc3)c2c1. The Balaban J connectivity index is 2.01. The van der Waals surface area contributed by atoms with Gasteiger partial charge in [-0.1, -0.05) is 23.8 Å². The smallest absolute Gasteiger partial charge is 0.254 e. The van der Waals surface area contributed by atoms with E-state index in [0.717, 1.165) is 27.7 Å². The van der Waals surface area contributed by atoms with Gasteiger partial charge >= 0.3 is 0 Å². The van der Waals surface area contributed by atoms with Gasteiger partial charge in [-0.15, -0.1) is 0 Å². The maximum Gasteiger partial charge on any atom is 0.254 e. The van der Waals surface area contributed by atoms with E-state index in [4.69, 9.17) is 0 Å². The molecule has 2 aromatic carbocycles. The van der Waals surface area contributed by atoms with E-state index in [9.17, 15) is 9.18 Å². The Morgan fingerprint density at radius 3 is 2.44 bits per heavy atom. The fraction of sp³-hybridized carbons (Fsp3) is 0.238. The van der Waals surface area contributed by atoms with E-state index in [1.807, 2.05) is 45.0 Å². The first-order chi connectivity index (χ1) is 11.9. The Morgan fingerprint density at radius 2 is 1.76 bits per heavy atom. The number of carbonyl (C=O) groups is 1. The molecule has 128 valence electrons. The second-order valence-electron chi connectivity index (χ2n) is 6.48. The highest BCUT2D eigenvalue weighted by molar-refractivity contribution is 6.06. The molecule has 0 aliphatic heterocycles. The van der Waals surface area contributed by atoms with Crippen LogP contribution in [0.4, 0.5) is 4.39 Å². The van der Waals surface area contributed by atoms with Crippen LogP contribution in [-0.4, -0.2) is 22.8 Å². The number of amides is 1. The van der Waals surface area contributed by atoms with Crippen LogP contribution in [0.25, 0.3) is 10.9 Å². The molecule has 0 radical (unpaired) electrons. The largest absolute Gasteiger partial charge is 0.335 e. The summed E-state index contributed by atoms with van der Waals surface area (Å²) in [6, 6.07) is 13.9. The molecule has 0 aliphatic rings. The van der Waals surface area contributed by atoms with E-state index in [1.54, 1.807) is 24.1 Å². The molecule has 0 aliphatic carbocycles. The average molecular weight is 336 g/mol. The van der Waals surface area contributed by atoms with E-state index in [-0.39, 0.29) is 17.8 Å². The van der Waals surface area contributed by atoms with E-state index in [2.05, 4.69) is 4.98 Å². The van der Waals surface area contributed by atoms with Gasteiger partial charge in [0.15, 0.2) is 0 Å². The fourth-order valence-corrected chi connectivity index (χ4v) is 2.98. The van der Waals surface area contributed by atoms with E-state index >= 15 is 0 Å². The van der Waals surface area contributed by atoms with Crippen LogP contribution in [0.3, 0.4) is 0 Å². The Kier molecular flexibility index (Phi) is 4.53. The standard InChI is InChI=1S/C21H21FN2O/c1-13-5-10-20-18(11-13)19(12-14(2)23-20)21(25)24(4)15(3)16-6-8-17(22)9-7-16/h5-12,15H,1-4H3. The fourth-order valence-electron chi connectivity index (χ4n) is 2.98. The van der Waals surface area contributed by atoms with E-state index in [0.29, 0.717) is 5.56 Å². The van der Waals surface area contributed by atoms with Crippen LogP contribution in [0.2, 0.25) is 0 Å². The molecular formula is C21H21FN2O. The number of aromatic nitrogens is 1. The first-order valence-electron chi connectivity index (χ1n) is 8.27. The minimum absolute atomic E-state index is 0.0714. The topological polar surface area (TPSA) is 33.2 Å². The minimum atomic E-state index is -0.281. The summed E-state index contributed by atoms with van der Waals surface area (Å²) in [7, 11) is 1.77. The lowest BCUT2D eigenvalue weighted by molar-refractivity contribution is 0.0744.